The summed E-state index contributed by atoms with van der Waals surface area (Å²) in [5.41, 5.74) is 5.56. The van der Waals surface area contributed by atoms with Crippen molar-refractivity contribution in [2.45, 2.75) is 93.5 Å². The number of hydrogen-bond donors (Lipinski definition) is 1. The van der Waals surface area contributed by atoms with Crippen LogP contribution in [0.25, 0.3) is 0 Å². The smallest absolute Gasteiger partial charge is 0.327 e. The molecular formula is C24H34N4O3. The molecule has 7 nitrogen and oxygen atoms in total. The number of ether oxygens (including phenoxy) is 1. The van der Waals surface area contributed by atoms with E-state index in [-0.39, 0.29) is 29.4 Å². The van der Waals surface area contributed by atoms with Gasteiger partial charge in [-0.15, -0.1) is 0 Å². The fourth-order valence-electron chi connectivity index (χ4n) is 8.29. The molecule has 6 aliphatic carbocycles. The zero-order chi connectivity index (χ0) is 21.8. The molecule has 7 heteroatoms. The van der Waals surface area contributed by atoms with Crippen molar-refractivity contribution in [1.29, 1.82) is 5.26 Å². The fraction of sp³-hybridized carbons (Fsp3) is 0.875. The number of likely N-dealkylation sites (tertiary alicyclic amines) is 1. The highest BCUT2D eigenvalue weighted by atomic mass is 16.6. The van der Waals surface area contributed by atoms with Gasteiger partial charge in [-0.3, -0.25) is 14.5 Å². The quantitative estimate of drug-likeness (QED) is 0.673. The first-order valence-corrected chi connectivity index (χ1v) is 12.1. The van der Waals surface area contributed by atoms with Crippen LogP contribution in [0.5, 0.6) is 0 Å². The van der Waals surface area contributed by atoms with Gasteiger partial charge in [-0.1, -0.05) is 0 Å². The Morgan fingerprint density at radius 2 is 1.81 bits per heavy atom. The highest BCUT2D eigenvalue weighted by molar-refractivity contribution is 5.85. The average Bonchev–Trinajstić information content (AvgIpc) is 3.62. The molecule has 31 heavy (non-hydrogen) atoms. The van der Waals surface area contributed by atoms with Crippen LogP contribution in [-0.4, -0.2) is 65.0 Å². The minimum atomic E-state index is -0.601. The summed E-state index contributed by atoms with van der Waals surface area (Å²) in [6.07, 6.45) is 9.13. The average molecular weight is 427 g/mol. The van der Waals surface area contributed by atoms with Crippen LogP contribution in [0.3, 0.4) is 0 Å². The van der Waals surface area contributed by atoms with Crippen molar-refractivity contribution >= 4 is 11.9 Å². The van der Waals surface area contributed by atoms with E-state index in [4.69, 9.17) is 10.5 Å². The molecule has 0 radical (unpaired) electrons. The number of nitrogens with two attached hydrogens (primary N) is 1. The van der Waals surface area contributed by atoms with Crippen molar-refractivity contribution in [3.8, 4) is 6.07 Å². The Labute approximate surface area is 184 Å². The van der Waals surface area contributed by atoms with Crippen LogP contribution in [0.4, 0.5) is 0 Å². The van der Waals surface area contributed by atoms with Crippen LogP contribution < -0.4 is 5.73 Å². The highest BCUT2D eigenvalue weighted by Gasteiger charge is 2.65. The van der Waals surface area contributed by atoms with E-state index in [1.165, 1.54) is 0 Å². The third kappa shape index (κ3) is 2.77. The molecule has 5 unspecified atom stereocenters. The predicted molar refractivity (Wildman–Crippen MR) is 112 cm³/mol. The Morgan fingerprint density at radius 3 is 2.39 bits per heavy atom. The third-order valence-corrected chi connectivity index (χ3v) is 9.76. The Bertz CT molecular complexity index is 861. The van der Waals surface area contributed by atoms with Gasteiger partial charge in [0, 0.05) is 6.04 Å². The first-order valence-electron chi connectivity index (χ1n) is 12.1. The number of rotatable bonds is 5. The molecule has 1 heterocycles. The van der Waals surface area contributed by atoms with Crippen molar-refractivity contribution in [1.82, 2.24) is 9.80 Å². The van der Waals surface area contributed by atoms with E-state index in [9.17, 15) is 14.9 Å². The first kappa shape index (κ1) is 20.0. The summed E-state index contributed by atoms with van der Waals surface area (Å²) < 4.78 is 6.38. The van der Waals surface area contributed by atoms with Crippen LogP contribution >= 0.6 is 0 Å². The Morgan fingerprint density at radius 1 is 1.13 bits per heavy atom. The number of esters is 1. The van der Waals surface area contributed by atoms with Gasteiger partial charge in [0.15, 0.2) is 0 Å². The lowest BCUT2D eigenvalue weighted by molar-refractivity contribution is -0.210. The molecule has 0 aromatic rings. The second-order valence-corrected chi connectivity index (χ2v) is 12.0. The minimum absolute atomic E-state index is 0.0352. The molecule has 168 valence electrons. The number of hydrogen-bond acceptors (Lipinski definition) is 6. The Hall–Kier alpha value is -1.65. The lowest BCUT2D eigenvalue weighted by Crippen LogP contribution is -2.66. The molecule has 1 saturated heterocycles. The van der Waals surface area contributed by atoms with E-state index < -0.39 is 17.2 Å². The van der Waals surface area contributed by atoms with Gasteiger partial charge in [-0.2, -0.15) is 5.26 Å². The maximum Gasteiger partial charge on any atom is 0.327 e. The Balaban J connectivity index is 1.25. The second-order valence-electron chi connectivity index (χ2n) is 12.0. The molecular weight excluding hydrogens is 392 g/mol. The van der Waals surface area contributed by atoms with E-state index in [1.54, 1.807) is 0 Å². The van der Waals surface area contributed by atoms with Gasteiger partial charge in [0.05, 0.1) is 12.1 Å². The van der Waals surface area contributed by atoms with Crippen molar-refractivity contribution in [3.63, 3.8) is 0 Å². The van der Waals surface area contributed by atoms with Crippen molar-refractivity contribution in [2.75, 3.05) is 14.1 Å². The van der Waals surface area contributed by atoms with Gasteiger partial charge in [0.2, 0.25) is 5.91 Å². The molecule has 4 bridgehead atoms. The molecule has 0 aromatic heterocycles. The molecule has 0 spiro atoms. The molecule has 7 rings (SSSR count). The lowest BCUT2D eigenvalue weighted by Gasteiger charge is -2.62. The summed E-state index contributed by atoms with van der Waals surface area (Å²) in [6.45, 7) is 0. The predicted octanol–water partition coefficient (Wildman–Crippen LogP) is 1.80. The second kappa shape index (κ2) is 6.23. The molecule has 7 fully saturated rings. The molecule has 1 aliphatic heterocycles. The molecule has 2 N–H and O–H groups in total. The standard InChI is InChI=1S/C24H34N4O3/c1-27(2)24(3-4-24)21(30)31-23-10-14-5-15(11-23)9-22(8-14,13-23)19(26)20(29)28-17(12-25)6-16-7-18(16)28/h14-19H,3-11,13,26H2,1-2H3/t14-,15?,16?,17-,18?,19+,22?,23?/m0/s1. The largest absolute Gasteiger partial charge is 0.458 e. The minimum Gasteiger partial charge on any atom is -0.458 e. The van der Waals surface area contributed by atoms with E-state index in [0.29, 0.717) is 24.2 Å². The van der Waals surface area contributed by atoms with Crippen molar-refractivity contribution in [3.05, 3.63) is 0 Å². The van der Waals surface area contributed by atoms with Crippen LogP contribution in [0.1, 0.15) is 64.2 Å². The third-order valence-electron chi connectivity index (χ3n) is 9.76. The molecule has 1 amide bonds. The van der Waals surface area contributed by atoms with Crippen LogP contribution in [-0.2, 0) is 14.3 Å². The summed E-state index contributed by atoms with van der Waals surface area (Å²) in [4.78, 5) is 30.6. The van der Waals surface area contributed by atoms with Gasteiger partial charge in [-0.25, -0.2) is 0 Å². The summed E-state index contributed by atoms with van der Waals surface area (Å²) in [7, 11) is 3.91. The fourth-order valence-corrected chi connectivity index (χ4v) is 8.29. The topological polar surface area (TPSA) is 99.7 Å². The SMILES string of the molecule is CN(C)C1(C(=O)OC23CC4C[C@H](C2)CC([C@H](N)C(=O)N2C5CC5C[C@H]2C#N)(C4)C3)CC1. The van der Waals surface area contributed by atoms with Crippen LogP contribution in [0.2, 0.25) is 0 Å². The summed E-state index contributed by atoms with van der Waals surface area (Å²) in [6, 6.07) is 1.63. The number of carbonyl (C=O) groups excluding carboxylic acids is 2. The maximum atomic E-state index is 13.6. The van der Waals surface area contributed by atoms with Gasteiger partial charge in [0.1, 0.15) is 17.2 Å². The number of nitriles is 1. The van der Waals surface area contributed by atoms with E-state index in [1.807, 2.05) is 23.9 Å². The highest BCUT2D eigenvalue weighted by Crippen LogP contribution is 2.64. The molecule has 8 atom stereocenters. The van der Waals surface area contributed by atoms with E-state index >= 15 is 0 Å². The summed E-state index contributed by atoms with van der Waals surface area (Å²) >= 11 is 0. The molecule has 0 aromatic carbocycles. The van der Waals surface area contributed by atoms with Crippen molar-refractivity contribution < 1.29 is 14.3 Å². The normalized spacial score (nSPS) is 46.4. The first-order chi connectivity index (χ1) is 14.7. The van der Waals surface area contributed by atoms with Crippen LogP contribution in [0.15, 0.2) is 0 Å². The number of fused-ring (bicyclic) bond motifs is 1. The number of carbonyl (C=O) groups is 2. The van der Waals surface area contributed by atoms with Gasteiger partial charge in [0.25, 0.3) is 0 Å². The maximum absolute atomic E-state index is 13.6. The molecule has 7 aliphatic rings. The number of piperidine rings is 1. The number of likely N-dealkylation sites (N-methyl/N-ethyl adjacent to an activating group) is 1. The summed E-state index contributed by atoms with van der Waals surface area (Å²) in [5.74, 6) is 1.32. The van der Waals surface area contributed by atoms with E-state index in [0.717, 1.165) is 57.8 Å². The zero-order valence-corrected chi connectivity index (χ0v) is 18.7. The van der Waals surface area contributed by atoms with Crippen molar-refractivity contribution in [2.24, 2.45) is 28.9 Å². The monoisotopic (exact) mass is 426 g/mol. The van der Waals surface area contributed by atoms with Gasteiger partial charge >= 0.3 is 5.97 Å². The number of nitrogens with zero attached hydrogens (tertiary/aromatic N) is 3. The molecule has 6 saturated carbocycles. The number of amides is 1. The van der Waals surface area contributed by atoms with E-state index in [2.05, 4.69) is 6.07 Å². The summed E-state index contributed by atoms with van der Waals surface area (Å²) in [5, 5.41) is 9.56. The Kier molecular flexibility index (Phi) is 4.02. The lowest BCUT2D eigenvalue weighted by atomic mass is 9.46. The van der Waals surface area contributed by atoms with Gasteiger partial charge < -0.3 is 15.4 Å². The zero-order valence-electron chi connectivity index (χ0n) is 18.7. The van der Waals surface area contributed by atoms with Gasteiger partial charge in [-0.05, 0) is 101 Å². The van der Waals surface area contributed by atoms with Crippen LogP contribution in [0, 0.1) is 34.5 Å².